The van der Waals surface area contributed by atoms with Crippen LogP contribution in [0, 0.1) is 13.8 Å². The predicted molar refractivity (Wildman–Crippen MR) is 104 cm³/mol. The van der Waals surface area contributed by atoms with E-state index in [1.165, 1.54) is 0 Å². The Morgan fingerprint density at radius 1 is 1.19 bits per heavy atom. The second kappa shape index (κ2) is 7.99. The van der Waals surface area contributed by atoms with Crippen molar-refractivity contribution in [2.75, 3.05) is 10.6 Å². The van der Waals surface area contributed by atoms with Gasteiger partial charge in [-0.3, -0.25) is 14.6 Å². The summed E-state index contributed by atoms with van der Waals surface area (Å²) in [6.07, 6.45) is 2.22. The molecule has 1 aliphatic heterocycles. The maximum absolute atomic E-state index is 12.5. The first kappa shape index (κ1) is 18.6. The zero-order valence-corrected chi connectivity index (χ0v) is 15.6. The molecule has 2 heterocycles. The van der Waals surface area contributed by atoms with Crippen molar-refractivity contribution in [3.05, 3.63) is 53.3 Å². The molecule has 3 rings (SSSR count). The summed E-state index contributed by atoms with van der Waals surface area (Å²) in [6.45, 7) is 5.71. The Morgan fingerprint density at radius 2 is 2.00 bits per heavy atom. The number of benzene rings is 1. The van der Waals surface area contributed by atoms with E-state index in [2.05, 4.69) is 20.8 Å². The Balaban J connectivity index is 1.69. The summed E-state index contributed by atoms with van der Waals surface area (Å²) in [7, 11) is 0. The number of rotatable bonds is 5. The summed E-state index contributed by atoms with van der Waals surface area (Å²) in [4.78, 5) is 34.2. The summed E-state index contributed by atoms with van der Waals surface area (Å²) in [5.74, 6) is -0.546. The van der Waals surface area contributed by atoms with Crippen molar-refractivity contribution in [1.29, 1.82) is 0 Å². The highest BCUT2D eigenvalue weighted by Crippen LogP contribution is 2.21. The molecule has 0 saturated carbocycles. The summed E-state index contributed by atoms with van der Waals surface area (Å²) in [6, 6.07) is 8.78. The van der Waals surface area contributed by atoms with Gasteiger partial charge in [0, 0.05) is 23.4 Å². The SMILES string of the molecule is CCC1=NOC(C(=O)Nc2cc(C(=O)Nc3ccc(C)nc3)ccc2C)C1. The number of carbonyl (C=O) groups is 2. The number of aryl methyl sites for hydroxylation is 2. The van der Waals surface area contributed by atoms with Crippen LogP contribution in [0.4, 0.5) is 11.4 Å². The number of carbonyl (C=O) groups excluding carboxylic acids is 2. The maximum Gasteiger partial charge on any atom is 0.268 e. The minimum Gasteiger partial charge on any atom is -0.382 e. The van der Waals surface area contributed by atoms with Gasteiger partial charge in [0.25, 0.3) is 11.8 Å². The number of anilines is 2. The standard InChI is InChI=1S/C20H22N4O3/c1-4-15-10-18(27-24-15)20(26)23-17-9-14(7-5-12(17)2)19(25)22-16-8-6-13(3)21-11-16/h5-9,11,18H,4,10H2,1-3H3,(H,22,25)(H,23,26). The van der Waals surface area contributed by atoms with Crippen LogP contribution in [0.25, 0.3) is 0 Å². The molecule has 27 heavy (non-hydrogen) atoms. The quantitative estimate of drug-likeness (QED) is 0.848. The molecule has 0 spiro atoms. The molecule has 2 amide bonds. The zero-order chi connectivity index (χ0) is 19.4. The highest BCUT2D eigenvalue weighted by Gasteiger charge is 2.27. The van der Waals surface area contributed by atoms with Crippen molar-refractivity contribution in [3.8, 4) is 0 Å². The van der Waals surface area contributed by atoms with Gasteiger partial charge in [0.2, 0.25) is 6.10 Å². The first-order valence-corrected chi connectivity index (χ1v) is 8.83. The van der Waals surface area contributed by atoms with Gasteiger partial charge in [-0.2, -0.15) is 0 Å². The Morgan fingerprint density at radius 3 is 2.67 bits per heavy atom. The molecule has 7 nitrogen and oxygen atoms in total. The smallest absolute Gasteiger partial charge is 0.268 e. The number of nitrogens with zero attached hydrogens (tertiary/aromatic N) is 2. The van der Waals surface area contributed by atoms with Crippen LogP contribution in [0.3, 0.4) is 0 Å². The van der Waals surface area contributed by atoms with E-state index in [1.807, 2.05) is 26.8 Å². The van der Waals surface area contributed by atoms with E-state index in [9.17, 15) is 9.59 Å². The monoisotopic (exact) mass is 366 g/mol. The Bertz CT molecular complexity index is 891. The molecule has 7 heteroatoms. The third kappa shape index (κ3) is 4.49. The number of hydrogen-bond donors (Lipinski definition) is 2. The number of amides is 2. The molecule has 1 atom stereocenters. The van der Waals surface area contributed by atoms with Crippen LogP contribution in [-0.4, -0.2) is 28.6 Å². The Labute approximate surface area is 157 Å². The largest absolute Gasteiger partial charge is 0.382 e. The van der Waals surface area contributed by atoms with Crippen LogP contribution in [0.1, 0.15) is 41.4 Å². The van der Waals surface area contributed by atoms with E-state index in [0.717, 1.165) is 23.4 Å². The van der Waals surface area contributed by atoms with E-state index >= 15 is 0 Å². The lowest BCUT2D eigenvalue weighted by Gasteiger charge is -2.13. The number of oxime groups is 1. The van der Waals surface area contributed by atoms with Crippen LogP contribution >= 0.6 is 0 Å². The number of hydrogen-bond acceptors (Lipinski definition) is 5. The van der Waals surface area contributed by atoms with Crippen LogP contribution in [-0.2, 0) is 9.63 Å². The fourth-order valence-corrected chi connectivity index (χ4v) is 2.63. The summed E-state index contributed by atoms with van der Waals surface area (Å²) < 4.78 is 0. The van der Waals surface area contributed by atoms with E-state index in [0.29, 0.717) is 23.4 Å². The Hall–Kier alpha value is -3.22. The van der Waals surface area contributed by atoms with E-state index in [1.54, 1.807) is 30.5 Å². The average Bonchev–Trinajstić information content (AvgIpc) is 3.14. The third-order valence-corrected chi connectivity index (χ3v) is 4.36. The lowest BCUT2D eigenvalue weighted by molar-refractivity contribution is -0.125. The van der Waals surface area contributed by atoms with Crippen LogP contribution in [0.2, 0.25) is 0 Å². The van der Waals surface area contributed by atoms with Gasteiger partial charge < -0.3 is 15.5 Å². The molecular formula is C20H22N4O3. The molecule has 2 N–H and O–H groups in total. The van der Waals surface area contributed by atoms with E-state index in [4.69, 9.17) is 4.84 Å². The van der Waals surface area contributed by atoms with E-state index < -0.39 is 6.10 Å². The topological polar surface area (TPSA) is 92.7 Å². The molecule has 0 aliphatic carbocycles. The molecule has 0 fully saturated rings. The van der Waals surface area contributed by atoms with Gasteiger partial charge in [0.05, 0.1) is 17.6 Å². The van der Waals surface area contributed by atoms with Crippen molar-refractivity contribution in [2.24, 2.45) is 5.16 Å². The molecule has 140 valence electrons. The van der Waals surface area contributed by atoms with Gasteiger partial charge in [-0.15, -0.1) is 0 Å². The second-order valence-corrected chi connectivity index (χ2v) is 6.47. The van der Waals surface area contributed by atoms with Gasteiger partial charge in [-0.05, 0) is 50.1 Å². The van der Waals surface area contributed by atoms with Crippen molar-refractivity contribution in [2.45, 2.75) is 39.7 Å². The Kier molecular flexibility index (Phi) is 5.49. The van der Waals surface area contributed by atoms with Gasteiger partial charge in [-0.25, -0.2) is 0 Å². The van der Waals surface area contributed by atoms with Gasteiger partial charge in [0.15, 0.2) is 0 Å². The first-order valence-electron chi connectivity index (χ1n) is 8.83. The predicted octanol–water partition coefficient (Wildman–Crippen LogP) is 3.44. The van der Waals surface area contributed by atoms with Gasteiger partial charge >= 0.3 is 0 Å². The van der Waals surface area contributed by atoms with Crippen molar-refractivity contribution in [3.63, 3.8) is 0 Å². The molecular weight excluding hydrogens is 344 g/mol. The molecule has 1 aromatic carbocycles. The minimum absolute atomic E-state index is 0.273. The highest BCUT2D eigenvalue weighted by atomic mass is 16.6. The van der Waals surface area contributed by atoms with Gasteiger partial charge in [0.1, 0.15) is 0 Å². The fourth-order valence-electron chi connectivity index (χ4n) is 2.63. The highest BCUT2D eigenvalue weighted by molar-refractivity contribution is 6.06. The molecule has 0 saturated heterocycles. The first-order chi connectivity index (χ1) is 13.0. The van der Waals surface area contributed by atoms with Crippen molar-refractivity contribution >= 4 is 28.9 Å². The molecule has 0 radical (unpaired) electrons. The molecule has 1 aromatic heterocycles. The average molecular weight is 366 g/mol. The molecule has 2 aromatic rings. The number of nitrogens with one attached hydrogen (secondary N) is 2. The summed E-state index contributed by atoms with van der Waals surface area (Å²) in [5, 5.41) is 9.54. The zero-order valence-electron chi connectivity index (χ0n) is 15.6. The van der Waals surface area contributed by atoms with Crippen LogP contribution in [0.15, 0.2) is 41.7 Å². The van der Waals surface area contributed by atoms with E-state index in [-0.39, 0.29) is 11.8 Å². The number of aromatic nitrogens is 1. The van der Waals surface area contributed by atoms with Crippen molar-refractivity contribution in [1.82, 2.24) is 4.98 Å². The fraction of sp³-hybridized carbons (Fsp3) is 0.300. The molecule has 1 unspecified atom stereocenters. The molecule has 1 aliphatic rings. The number of pyridine rings is 1. The summed E-state index contributed by atoms with van der Waals surface area (Å²) >= 11 is 0. The lowest BCUT2D eigenvalue weighted by Crippen LogP contribution is -2.28. The van der Waals surface area contributed by atoms with Crippen molar-refractivity contribution < 1.29 is 14.4 Å². The third-order valence-electron chi connectivity index (χ3n) is 4.36. The van der Waals surface area contributed by atoms with Gasteiger partial charge in [-0.1, -0.05) is 18.1 Å². The molecule has 0 bridgehead atoms. The second-order valence-electron chi connectivity index (χ2n) is 6.47. The summed E-state index contributed by atoms with van der Waals surface area (Å²) in [5.41, 5.74) is 4.22. The van der Waals surface area contributed by atoms with Crippen LogP contribution in [0.5, 0.6) is 0 Å². The normalized spacial score (nSPS) is 15.7. The lowest BCUT2D eigenvalue weighted by atomic mass is 10.1. The maximum atomic E-state index is 12.5. The minimum atomic E-state index is -0.629. The van der Waals surface area contributed by atoms with Crippen LogP contribution < -0.4 is 10.6 Å².